The fraction of sp³-hybridized carbons (Fsp3) is 0.318. The lowest BCUT2D eigenvalue weighted by molar-refractivity contribution is -0.120. The molecule has 0 radical (unpaired) electrons. The van der Waals surface area contributed by atoms with Gasteiger partial charge in [-0.15, -0.1) is 0 Å². The highest BCUT2D eigenvalue weighted by Crippen LogP contribution is 2.25. The van der Waals surface area contributed by atoms with Crippen LogP contribution in [-0.4, -0.2) is 40.7 Å². The lowest BCUT2D eigenvalue weighted by Gasteiger charge is -2.32. The van der Waals surface area contributed by atoms with Crippen molar-refractivity contribution in [1.29, 1.82) is 0 Å². The van der Waals surface area contributed by atoms with E-state index < -0.39 is 0 Å². The third-order valence-electron chi connectivity index (χ3n) is 5.39. The first-order valence-electron chi connectivity index (χ1n) is 9.90. The van der Waals surface area contributed by atoms with Gasteiger partial charge >= 0.3 is 0 Å². The summed E-state index contributed by atoms with van der Waals surface area (Å²) in [6.07, 6.45) is 5.94. The average molecular weight is 410 g/mol. The fourth-order valence-corrected chi connectivity index (χ4v) is 3.86. The predicted octanol–water partition coefficient (Wildman–Crippen LogP) is 3.70. The summed E-state index contributed by atoms with van der Waals surface area (Å²) in [6, 6.07) is 13.5. The van der Waals surface area contributed by atoms with Crippen molar-refractivity contribution in [3.8, 4) is 11.3 Å². The van der Waals surface area contributed by atoms with Gasteiger partial charge in [-0.1, -0.05) is 29.8 Å². The summed E-state index contributed by atoms with van der Waals surface area (Å²) < 4.78 is 0. The Morgan fingerprint density at radius 2 is 1.93 bits per heavy atom. The highest BCUT2D eigenvalue weighted by atomic mass is 35.5. The van der Waals surface area contributed by atoms with Crippen LogP contribution in [0.25, 0.3) is 11.3 Å². The van der Waals surface area contributed by atoms with Crippen LogP contribution in [0.5, 0.6) is 0 Å². The highest BCUT2D eigenvalue weighted by Gasteiger charge is 2.21. The second kappa shape index (κ2) is 9.09. The summed E-state index contributed by atoms with van der Waals surface area (Å²) in [4.78, 5) is 18.6. The van der Waals surface area contributed by atoms with E-state index in [9.17, 15) is 4.79 Å². The van der Waals surface area contributed by atoms with Gasteiger partial charge in [-0.3, -0.25) is 14.9 Å². The molecule has 0 aliphatic carbocycles. The van der Waals surface area contributed by atoms with Crippen LogP contribution < -0.4 is 10.2 Å². The minimum absolute atomic E-state index is 0.0230. The normalized spacial score (nSPS) is 14.7. The van der Waals surface area contributed by atoms with Gasteiger partial charge in [-0.25, -0.2) is 0 Å². The summed E-state index contributed by atoms with van der Waals surface area (Å²) in [5, 5.41) is 11.3. The van der Waals surface area contributed by atoms with Gasteiger partial charge in [0.15, 0.2) is 5.82 Å². The van der Waals surface area contributed by atoms with Crippen molar-refractivity contribution in [2.24, 2.45) is 5.92 Å². The van der Waals surface area contributed by atoms with Gasteiger partial charge in [-0.2, -0.15) is 5.10 Å². The van der Waals surface area contributed by atoms with Crippen LogP contribution in [0.4, 0.5) is 5.82 Å². The molecule has 3 aromatic rings. The maximum absolute atomic E-state index is 12.2. The first-order valence-corrected chi connectivity index (χ1v) is 10.3. The number of halogens is 1. The van der Waals surface area contributed by atoms with Crippen molar-refractivity contribution in [2.75, 3.05) is 24.5 Å². The fourth-order valence-electron chi connectivity index (χ4n) is 3.65. The first kappa shape index (κ1) is 19.5. The monoisotopic (exact) mass is 409 g/mol. The quantitative estimate of drug-likeness (QED) is 0.651. The number of aromatic amines is 1. The Balaban J connectivity index is 1.24. The van der Waals surface area contributed by atoms with Crippen LogP contribution in [0.2, 0.25) is 5.02 Å². The van der Waals surface area contributed by atoms with Crippen molar-refractivity contribution in [3.63, 3.8) is 0 Å². The van der Waals surface area contributed by atoms with E-state index in [0.29, 0.717) is 23.9 Å². The van der Waals surface area contributed by atoms with E-state index in [1.54, 1.807) is 12.4 Å². The van der Waals surface area contributed by atoms with E-state index in [1.807, 2.05) is 36.4 Å². The number of aromatic nitrogens is 3. The number of pyridine rings is 1. The Bertz CT molecular complexity index is 951. The number of hydrogen-bond donors (Lipinski definition) is 2. The smallest absolute Gasteiger partial charge is 0.224 e. The summed E-state index contributed by atoms with van der Waals surface area (Å²) in [6.45, 7) is 2.58. The molecule has 29 heavy (non-hydrogen) atoms. The van der Waals surface area contributed by atoms with Gasteiger partial charge in [0.1, 0.15) is 0 Å². The van der Waals surface area contributed by atoms with Gasteiger partial charge in [-0.05, 0) is 42.5 Å². The molecule has 1 aliphatic heterocycles. The van der Waals surface area contributed by atoms with Crippen LogP contribution in [-0.2, 0) is 11.2 Å². The highest BCUT2D eigenvalue weighted by molar-refractivity contribution is 6.31. The third-order valence-corrected chi connectivity index (χ3v) is 5.76. The van der Waals surface area contributed by atoms with E-state index in [0.717, 1.165) is 48.6 Å². The molecular formula is C22H24ClN5O. The number of piperidine rings is 1. The average Bonchev–Trinajstić information content (AvgIpc) is 3.25. The Kier molecular flexibility index (Phi) is 6.10. The molecule has 6 nitrogen and oxygen atoms in total. The van der Waals surface area contributed by atoms with Crippen LogP contribution in [0.1, 0.15) is 18.4 Å². The van der Waals surface area contributed by atoms with Gasteiger partial charge in [0, 0.05) is 48.7 Å². The zero-order valence-electron chi connectivity index (χ0n) is 16.1. The van der Waals surface area contributed by atoms with Crippen molar-refractivity contribution >= 4 is 23.3 Å². The zero-order chi connectivity index (χ0) is 20.1. The molecule has 4 rings (SSSR count). The lowest BCUT2D eigenvalue weighted by Crippen LogP contribution is -2.39. The molecule has 7 heteroatoms. The maximum atomic E-state index is 12.2. The first-order chi connectivity index (χ1) is 14.2. The topological polar surface area (TPSA) is 73.9 Å². The van der Waals surface area contributed by atoms with E-state index in [4.69, 9.17) is 11.6 Å². The summed E-state index contributed by atoms with van der Waals surface area (Å²) >= 11 is 6.14. The summed E-state index contributed by atoms with van der Waals surface area (Å²) in [5.41, 5.74) is 2.94. The number of rotatable bonds is 6. The van der Waals surface area contributed by atoms with Gasteiger partial charge < -0.3 is 10.2 Å². The SMILES string of the molecule is O=C(Cc1ccccc1Cl)NCC1CCN(c2cc(-c3ccncc3)[nH]n2)CC1. The van der Waals surface area contributed by atoms with Crippen LogP contribution in [0, 0.1) is 5.92 Å². The third kappa shape index (κ3) is 4.95. The zero-order valence-corrected chi connectivity index (χ0v) is 16.9. The Hall–Kier alpha value is -2.86. The van der Waals surface area contributed by atoms with Crippen molar-refractivity contribution in [2.45, 2.75) is 19.3 Å². The number of H-pyrrole nitrogens is 1. The standard InChI is InChI=1S/C22H24ClN5O/c23-19-4-2-1-3-18(19)13-22(29)25-15-16-7-11-28(12-8-16)21-14-20(26-27-21)17-5-9-24-10-6-17/h1-6,9-10,14,16H,7-8,11-13,15H2,(H,25,29)(H,26,27). The van der Waals surface area contributed by atoms with Crippen LogP contribution in [0.15, 0.2) is 54.9 Å². The Morgan fingerprint density at radius 3 is 2.69 bits per heavy atom. The molecule has 1 fully saturated rings. The number of carbonyl (C=O) groups excluding carboxylic acids is 1. The van der Waals surface area contributed by atoms with Gasteiger partial charge in [0.2, 0.25) is 5.91 Å². The van der Waals surface area contributed by atoms with E-state index in [2.05, 4.69) is 31.5 Å². The maximum Gasteiger partial charge on any atom is 0.224 e. The Morgan fingerprint density at radius 1 is 1.17 bits per heavy atom. The summed E-state index contributed by atoms with van der Waals surface area (Å²) in [7, 11) is 0. The van der Waals surface area contributed by atoms with Crippen molar-refractivity contribution in [1.82, 2.24) is 20.5 Å². The number of amides is 1. The molecule has 0 bridgehead atoms. The molecule has 3 heterocycles. The number of nitrogens with one attached hydrogen (secondary N) is 2. The minimum atomic E-state index is 0.0230. The molecular weight excluding hydrogens is 386 g/mol. The van der Waals surface area contributed by atoms with E-state index in [1.165, 1.54) is 0 Å². The molecule has 1 aromatic carbocycles. The molecule has 2 aromatic heterocycles. The Labute approximate surface area is 175 Å². The molecule has 2 N–H and O–H groups in total. The lowest BCUT2D eigenvalue weighted by atomic mass is 9.96. The van der Waals surface area contributed by atoms with Crippen LogP contribution in [0.3, 0.4) is 0 Å². The van der Waals surface area contributed by atoms with Gasteiger partial charge in [0.05, 0.1) is 12.1 Å². The van der Waals surface area contributed by atoms with E-state index >= 15 is 0 Å². The predicted molar refractivity (Wildman–Crippen MR) is 115 cm³/mol. The molecule has 0 saturated carbocycles. The second-order valence-electron chi connectivity index (χ2n) is 7.38. The van der Waals surface area contributed by atoms with Gasteiger partial charge in [0.25, 0.3) is 0 Å². The molecule has 0 spiro atoms. The molecule has 1 aliphatic rings. The van der Waals surface area contributed by atoms with Crippen LogP contribution >= 0.6 is 11.6 Å². The van der Waals surface area contributed by atoms with Crippen molar-refractivity contribution < 1.29 is 4.79 Å². The molecule has 0 unspecified atom stereocenters. The molecule has 0 atom stereocenters. The molecule has 150 valence electrons. The van der Waals surface area contributed by atoms with Crippen molar-refractivity contribution in [3.05, 3.63) is 65.4 Å². The number of nitrogens with zero attached hydrogens (tertiary/aromatic N) is 3. The van der Waals surface area contributed by atoms with E-state index in [-0.39, 0.29) is 5.91 Å². The summed E-state index contributed by atoms with van der Waals surface area (Å²) in [5.74, 6) is 1.48. The molecule has 1 amide bonds. The second-order valence-corrected chi connectivity index (χ2v) is 7.79. The molecule has 1 saturated heterocycles. The largest absolute Gasteiger partial charge is 0.356 e. The number of benzene rings is 1. The number of hydrogen-bond acceptors (Lipinski definition) is 4. The number of anilines is 1. The number of carbonyl (C=O) groups is 1. The minimum Gasteiger partial charge on any atom is -0.356 e.